The molecule has 0 unspecified atom stereocenters. The van der Waals surface area contributed by atoms with Gasteiger partial charge in [0.25, 0.3) is 0 Å². The number of fused-ring (bicyclic) bond motifs is 3. The van der Waals surface area contributed by atoms with Gasteiger partial charge in [0, 0.05) is 23.5 Å². The van der Waals surface area contributed by atoms with E-state index in [1.54, 1.807) is 30.3 Å². The van der Waals surface area contributed by atoms with E-state index in [4.69, 9.17) is 23.7 Å². The van der Waals surface area contributed by atoms with Gasteiger partial charge in [-0.2, -0.15) is 0 Å². The molecule has 0 bridgehead atoms. The number of aliphatic carboxylic acids is 2. The van der Waals surface area contributed by atoms with Crippen LogP contribution >= 0.6 is 0 Å². The van der Waals surface area contributed by atoms with Crippen LogP contribution in [-0.4, -0.2) is 50.6 Å². The first-order valence-electron chi connectivity index (χ1n) is 9.46. The molecule has 1 aliphatic heterocycles. The van der Waals surface area contributed by atoms with Crippen LogP contribution in [0.1, 0.15) is 23.1 Å². The molecular formula is C22H22O9. The van der Waals surface area contributed by atoms with Crippen LogP contribution < -0.4 is 23.7 Å². The van der Waals surface area contributed by atoms with Crippen LogP contribution in [0.2, 0.25) is 0 Å². The molecule has 9 nitrogen and oxygen atoms in total. The van der Waals surface area contributed by atoms with Crippen molar-refractivity contribution in [1.29, 1.82) is 0 Å². The molecular weight excluding hydrogens is 408 g/mol. The molecule has 1 aliphatic carbocycles. The summed E-state index contributed by atoms with van der Waals surface area (Å²) in [4.78, 5) is 24.4. The number of ether oxygens (including phenoxy) is 5. The number of hydrogen-bond acceptors (Lipinski definition) is 7. The zero-order valence-electron chi connectivity index (χ0n) is 17.4. The number of carboxylic acids is 2. The van der Waals surface area contributed by atoms with Gasteiger partial charge >= 0.3 is 11.9 Å². The van der Waals surface area contributed by atoms with Gasteiger partial charge in [-0.05, 0) is 23.8 Å². The van der Waals surface area contributed by atoms with E-state index in [2.05, 4.69) is 0 Å². The first-order chi connectivity index (χ1) is 14.8. The lowest BCUT2D eigenvalue weighted by atomic mass is 9.96. The number of carbonyl (C=O) groups is 2. The smallest absolute Gasteiger partial charge is 0.322 e. The molecule has 0 amide bonds. The van der Waals surface area contributed by atoms with E-state index in [0.29, 0.717) is 39.9 Å². The Labute approximate surface area is 178 Å². The summed E-state index contributed by atoms with van der Waals surface area (Å²) in [5.74, 6) is -2.44. The second kappa shape index (κ2) is 7.26. The molecule has 1 fully saturated rings. The number of rotatable bonds is 7. The Bertz CT molecular complexity index is 1020. The lowest BCUT2D eigenvalue weighted by molar-refractivity contribution is -0.158. The minimum Gasteiger partial charge on any atom is -0.497 e. The third-order valence-corrected chi connectivity index (χ3v) is 6.13. The normalized spacial score (nSPS) is 22.3. The molecule has 1 heterocycles. The van der Waals surface area contributed by atoms with Crippen molar-refractivity contribution in [3.8, 4) is 28.7 Å². The molecule has 1 saturated carbocycles. The Hall–Kier alpha value is -3.62. The average molecular weight is 430 g/mol. The molecule has 3 atom stereocenters. The Morgan fingerprint density at radius 3 is 2.00 bits per heavy atom. The molecule has 0 aromatic heterocycles. The summed E-state index contributed by atoms with van der Waals surface area (Å²) in [5.41, 5.74) is -0.966. The number of carboxylic acid groups (broad SMARTS) is 2. The summed E-state index contributed by atoms with van der Waals surface area (Å²) >= 11 is 0. The van der Waals surface area contributed by atoms with Crippen molar-refractivity contribution >= 4 is 11.9 Å². The summed E-state index contributed by atoms with van der Waals surface area (Å²) < 4.78 is 27.6. The largest absolute Gasteiger partial charge is 0.497 e. The molecule has 2 N–H and O–H groups in total. The maximum Gasteiger partial charge on any atom is 0.322 e. The Morgan fingerprint density at radius 2 is 1.52 bits per heavy atom. The van der Waals surface area contributed by atoms with E-state index < -0.39 is 35.3 Å². The molecule has 2 aromatic carbocycles. The highest BCUT2D eigenvalue weighted by atomic mass is 16.5. The number of benzene rings is 2. The van der Waals surface area contributed by atoms with Gasteiger partial charge in [0.1, 0.15) is 17.6 Å². The van der Waals surface area contributed by atoms with Gasteiger partial charge in [0.05, 0.1) is 28.4 Å². The van der Waals surface area contributed by atoms with Crippen molar-refractivity contribution < 1.29 is 43.5 Å². The van der Waals surface area contributed by atoms with Gasteiger partial charge in [-0.3, -0.25) is 9.59 Å². The highest BCUT2D eigenvalue weighted by molar-refractivity contribution is 6.05. The molecule has 2 aromatic rings. The molecule has 2 aliphatic rings. The van der Waals surface area contributed by atoms with Gasteiger partial charge in [0.15, 0.2) is 16.9 Å². The van der Waals surface area contributed by atoms with E-state index >= 15 is 0 Å². The summed E-state index contributed by atoms with van der Waals surface area (Å²) in [6.45, 7) is 0. The first kappa shape index (κ1) is 20.6. The van der Waals surface area contributed by atoms with Gasteiger partial charge in [0.2, 0.25) is 5.75 Å². The maximum absolute atomic E-state index is 12.2. The number of hydrogen-bond donors (Lipinski definition) is 2. The minimum absolute atomic E-state index is 0.352. The van der Waals surface area contributed by atoms with Crippen LogP contribution in [0, 0.1) is 11.3 Å². The van der Waals surface area contributed by atoms with E-state index in [0.717, 1.165) is 0 Å². The molecule has 0 spiro atoms. The van der Waals surface area contributed by atoms with E-state index in [-0.39, 0.29) is 0 Å². The van der Waals surface area contributed by atoms with Crippen molar-refractivity contribution in [3.63, 3.8) is 0 Å². The van der Waals surface area contributed by atoms with Crippen LogP contribution in [0.4, 0.5) is 0 Å². The lowest BCUT2D eigenvalue weighted by Crippen LogP contribution is -2.30. The topological polar surface area (TPSA) is 121 Å². The summed E-state index contributed by atoms with van der Waals surface area (Å²) in [6, 6.07) is 8.22. The maximum atomic E-state index is 12.2. The molecule has 164 valence electrons. The Kier molecular flexibility index (Phi) is 4.83. The van der Waals surface area contributed by atoms with Crippen molar-refractivity contribution in [3.05, 3.63) is 41.5 Å². The van der Waals surface area contributed by atoms with Gasteiger partial charge < -0.3 is 33.9 Å². The predicted octanol–water partition coefficient (Wildman–Crippen LogP) is 2.72. The average Bonchev–Trinajstić information content (AvgIpc) is 3.49. The second-order valence-electron chi connectivity index (χ2n) is 7.38. The van der Waals surface area contributed by atoms with Gasteiger partial charge in [-0.15, -0.1) is 0 Å². The monoisotopic (exact) mass is 430 g/mol. The minimum atomic E-state index is -2.01. The quantitative estimate of drug-likeness (QED) is 0.639. The summed E-state index contributed by atoms with van der Waals surface area (Å²) in [7, 11) is 5.89. The highest BCUT2D eigenvalue weighted by Crippen LogP contribution is 2.74. The molecule has 31 heavy (non-hydrogen) atoms. The lowest BCUT2D eigenvalue weighted by Gasteiger charge is -2.27. The Balaban J connectivity index is 1.91. The SMILES string of the molecule is COc1ccc2c(c1)O[C@@H](c1cc(OC)c(OC)c(OC)c1)[C@H]1[C@@H]2C1(C(=O)O)C(=O)O. The Morgan fingerprint density at radius 1 is 0.903 bits per heavy atom. The fraction of sp³-hybridized carbons (Fsp3) is 0.364. The van der Waals surface area contributed by atoms with Gasteiger partial charge in [-0.25, -0.2) is 0 Å². The standard InChI is InChI=1S/C22H22O9/c1-27-11-5-6-12-13(9-11)31-18(17-16(12)22(17,20(23)24)21(25)26)10-7-14(28-2)19(30-4)15(8-10)29-3/h5-9,16-18H,1-4H3,(H,23,24)(H,25,26)/t16-,17-,18+/m1/s1. The molecule has 4 rings (SSSR count). The van der Waals surface area contributed by atoms with Crippen LogP contribution in [0.15, 0.2) is 30.3 Å². The van der Waals surface area contributed by atoms with Crippen LogP contribution in [-0.2, 0) is 9.59 Å². The van der Waals surface area contributed by atoms with Crippen molar-refractivity contribution in [2.45, 2.75) is 12.0 Å². The van der Waals surface area contributed by atoms with E-state index in [1.165, 1.54) is 28.4 Å². The first-order valence-corrected chi connectivity index (χ1v) is 9.46. The van der Waals surface area contributed by atoms with E-state index in [9.17, 15) is 19.8 Å². The third kappa shape index (κ3) is 2.76. The van der Waals surface area contributed by atoms with Crippen molar-refractivity contribution in [2.75, 3.05) is 28.4 Å². The summed E-state index contributed by atoms with van der Waals surface area (Å²) in [6.07, 6.45) is -0.870. The molecule has 9 heteroatoms. The fourth-order valence-electron chi connectivity index (χ4n) is 4.66. The van der Waals surface area contributed by atoms with Gasteiger partial charge in [-0.1, -0.05) is 6.07 Å². The molecule has 0 saturated heterocycles. The van der Waals surface area contributed by atoms with Crippen LogP contribution in [0.3, 0.4) is 0 Å². The zero-order valence-corrected chi connectivity index (χ0v) is 17.4. The summed E-state index contributed by atoms with van der Waals surface area (Å²) in [5, 5.41) is 19.9. The highest BCUT2D eigenvalue weighted by Gasteiger charge is 2.80. The van der Waals surface area contributed by atoms with Crippen molar-refractivity contribution in [2.24, 2.45) is 11.3 Å². The zero-order chi connectivity index (χ0) is 22.5. The molecule has 0 radical (unpaired) electrons. The van der Waals surface area contributed by atoms with Crippen LogP contribution in [0.5, 0.6) is 28.7 Å². The predicted molar refractivity (Wildman–Crippen MR) is 106 cm³/mol. The van der Waals surface area contributed by atoms with E-state index in [1.807, 2.05) is 0 Å². The number of methoxy groups -OCH3 is 4. The van der Waals surface area contributed by atoms with Crippen molar-refractivity contribution in [1.82, 2.24) is 0 Å². The van der Waals surface area contributed by atoms with Crippen LogP contribution in [0.25, 0.3) is 0 Å². The fourth-order valence-corrected chi connectivity index (χ4v) is 4.66. The second-order valence-corrected chi connectivity index (χ2v) is 7.38. The third-order valence-electron chi connectivity index (χ3n) is 6.13.